The van der Waals surface area contributed by atoms with Gasteiger partial charge in [-0.2, -0.15) is 5.10 Å². The van der Waals surface area contributed by atoms with E-state index in [1.807, 2.05) is 55.1 Å². The zero-order chi connectivity index (χ0) is 14.8. The zero-order valence-electron chi connectivity index (χ0n) is 11.8. The van der Waals surface area contributed by atoms with Gasteiger partial charge in [-0.25, -0.2) is 9.97 Å². The molecule has 1 aromatic carbocycles. The molecule has 0 bridgehead atoms. The Balaban J connectivity index is 1.97. The van der Waals surface area contributed by atoms with E-state index in [1.54, 1.807) is 6.07 Å². The summed E-state index contributed by atoms with van der Waals surface area (Å²) in [5.74, 6) is 1.10. The second-order valence-electron chi connectivity index (χ2n) is 4.67. The molecule has 2 N–H and O–H groups in total. The first-order valence-corrected chi connectivity index (χ1v) is 7.32. The van der Waals surface area contributed by atoms with E-state index in [0.29, 0.717) is 11.6 Å². The van der Waals surface area contributed by atoms with Gasteiger partial charge in [0.1, 0.15) is 15.9 Å². The first kappa shape index (κ1) is 13.6. The van der Waals surface area contributed by atoms with Crippen molar-refractivity contribution >= 4 is 17.6 Å². The molecule has 6 heteroatoms. The molecule has 0 atom stereocenters. The number of nitrogen functional groups attached to an aromatic ring is 1. The molecule has 3 rings (SSSR count). The number of hydrogen-bond donors (Lipinski definition) is 1. The molecular formula is C15H15N5S. The zero-order valence-corrected chi connectivity index (χ0v) is 12.6. The van der Waals surface area contributed by atoms with Gasteiger partial charge in [0.05, 0.1) is 5.69 Å². The lowest BCUT2D eigenvalue weighted by Crippen LogP contribution is -1.98. The van der Waals surface area contributed by atoms with Gasteiger partial charge in [-0.15, -0.1) is 0 Å². The Labute approximate surface area is 127 Å². The van der Waals surface area contributed by atoms with E-state index >= 15 is 0 Å². The molecule has 0 aliphatic heterocycles. The average Bonchev–Trinajstić information content (AvgIpc) is 2.77. The van der Waals surface area contributed by atoms with Crippen molar-refractivity contribution in [2.45, 2.75) is 17.0 Å². The molecule has 0 fully saturated rings. The second kappa shape index (κ2) is 5.57. The van der Waals surface area contributed by atoms with Gasteiger partial charge in [0, 0.05) is 18.7 Å². The molecule has 0 aliphatic rings. The van der Waals surface area contributed by atoms with E-state index < -0.39 is 0 Å². The van der Waals surface area contributed by atoms with Crippen LogP contribution in [0.1, 0.15) is 5.69 Å². The van der Waals surface area contributed by atoms with Gasteiger partial charge in [0.25, 0.3) is 0 Å². The summed E-state index contributed by atoms with van der Waals surface area (Å²) in [6, 6.07) is 13.6. The lowest BCUT2D eigenvalue weighted by molar-refractivity contribution is 0.692. The SMILES string of the molecule is Cc1cc(Sc2cc(N)nc(-c3ccccc3)n2)n(C)n1. The quantitative estimate of drug-likeness (QED) is 0.753. The van der Waals surface area contributed by atoms with Crippen LogP contribution in [0.5, 0.6) is 0 Å². The molecule has 0 unspecified atom stereocenters. The summed E-state index contributed by atoms with van der Waals surface area (Å²) in [4.78, 5) is 8.88. The lowest BCUT2D eigenvalue weighted by Gasteiger charge is -2.05. The Bertz CT molecular complexity index is 767. The topological polar surface area (TPSA) is 69.6 Å². The number of aryl methyl sites for hydroxylation is 2. The maximum atomic E-state index is 5.91. The number of aromatic nitrogens is 4. The molecular weight excluding hydrogens is 282 g/mol. The predicted molar refractivity (Wildman–Crippen MR) is 83.9 cm³/mol. The van der Waals surface area contributed by atoms with Crippen LogP contribution >= 0.6 is 11.8 Å². The third-order valence-electron chi connectivity index (χ3n) is 2.92. The highest BCUT2D eigenvalue weighted by molar-refractivity contribution is 7.99. The van der Waals surface area contributed by atoms with Crippen LogP contribution in [0.3, 0.4) is 0 Å². The number of anilines is 1. The molecule has 0 amide bonds. The number of nitrogens with zero attached hydrogens (tertiary/aromatic N) is 4. The van der Waals surface area contributed by atoms with Crippen LogP contribution < -0.4 is 5.73 Å². The minimum atomic E-state index is 0.463. The van der Waals surface area contributed by atoms with Crippen molar-refractivity contribution < 1.29 is 0 Å². The van der Waals surface area contributed by atoms with Crippen molar-refractivity contribution in [2.75, 3.05) is 5.73 Å². The summed E-state index contributed by atoms with van der Waals surface area (Å²) in [5.41, 5.74) is 7.84. The third-order valence-corrected chi connectivity index (χ3v) is 3.93. The van der Waals surface area contributed by atoms with Gasteiger partial charge in [0.15, 0.2) is 5.82 Å². The minimum Gasteiger partial charge on any atom is -0.384 e. The maximum Gasteiger partial charge on any atom is 0.162 e. The highest BCUT2D eigenvalue weighted by Crippen LogP contribution is 2.28. The first-order valence-electron chi connectivity index (χ1n) is 6.50. The Morgan fingerprint density at radius 3 is 2.52 bits per heavy atom. The molecule has 0 aliphatic carbocycles. The standard InChI is InChI=1S/C15H15N5S/c1-10-8-14(20(2)19-10)21-13-9-12(16)17-15(18-13)11-6-4-3-5-7-11/h3-9H,1-2H3,(H2,16,17,18). The van der Waals surface area contributed by atoms with Crippen LogP contribution in [0.4, 0.5) is 5.82 Å². The number of benzene rings is 1. The van der Waals surface area contributed by atoms with E-state index in [9.17, 15) is 0 Å². The summed E-state index contributed by atoms with van der Waals surface area (Å²) in [6.07, 6.45) is 0. The molecule has 3 aromatic rings. The third kappa shape index (κ3) is 3.05. The predicted octanol–water partition coefficient (Wildman–Crippen LogP) is 2.92. The van der Waals surface area contributed by atoms with Crippen LogP contribution in [-0.2, 0) is 7.05 Å². The van der Waals surface area contributed by atoms with E-state index in [2.05, 4.69) is 15.1 Å². The monoisotopic (exact) mass is 297 g/mol. The second-order valence-corrected chi connectivity index (χ2v) is 5.71. The van der Waals surface area contributed by atoms with Crippen LogP contribution in [0, 0.1) is 6.92 Å². The van der Waals surface area contributed by atoms with E-state index in [4.69, 9.17) is 5.73 Å². The van der Waals surface area contributed by atoms with Crippen LogP contribution in [0.15, 0.2) is 52.5 Å². The highest BCUT2D eigenvalue weighted by Gasteiger charge is 2.09. The lowest BCUT2D eigenvalue weighted by atomic mass is 10.2. The Kier molecular flexibility index (Phi) is 3.62. The van der Waals surface area contributed by atoms with E-state index in [1.165, 1.54) is 11.8 Å². The van der Waals surface area contributed by atoms with Crippen molar-refractivity contribution in [1.29, 1.82) is 0 Å². The van der Waals surface area contributed by atoms with Gasteiger partial charge in [-0.1, -0.05) is 42.1 Å². The van der Waals surface area contributed by atoms with Crippen molar-refractivity contribution in [2.24, 2.45) is 7.05 Å². The molecule has 2 heterocycles. The summed E-state index contributed by atoms with van der Waals surface area (Å²) in [7, 11) is 1.91. The number of nitrogens with two attached hydrogens (primary N) is 1. The molecule has 0 saturated heterocycles. The van der Waals surface area contributed by atoms with Crippen molar-refractivity contribution in [3.8, 4) is 11.4 Å². The van der Waals surface area contributed by atoms with E-state index in [-0.39, 0.29) is 0 Å². The fraction of sp³-hybridized carbons (Fsp3) is 0.133. The molecule has 21 heavy (non-hydrogen) atoms. The maximum absolute atomic E-state index is 5.91. The fourth-order valence-electron chi connectivity index (χ4n) is 2.00. The average molecular weight is 297 g/mol. The Hall–Kier alpha value is -2.34. The summed E-state index contributed by atoms with van der Waals surface area (Å²) >= 11 is 1.53. The van der Waals surface area contributed by atoms with Crippen LogP contribution in [-0.4, -0.2) is 19.7 Å². The minimum absolute atomic E-state index is 0.463. The van der Waals surface area contributed by atoms with Crippen LogP contribution in [0.25, 0.3) is 11.4 Å². The van der Waals surface area contributed by atoms with E-state index in [0.717, 1.165) is 21.3 Å². The molecule has 2 aromatic heterocycles. The largest absolute Gasteiger partial charge is 0.384 e. The van der Waals surface area contributed by atoms with Crippen LogP contribution in [0.2, 0.25) is 0 Å². The summed E-state index contributed by atoms with van der Waals surface area (Å²) < 4.78 is 1.83. The van der Waals surface area contributed by atoms with Gasteiger partial charge in [0.2, 0.25) is 0 Å². The Morgan fingerprint density at radius 2 is 1.86 bits per heavy atom. The van der Waals surface area contributed by atoms with Crippen molar-refractivity contribution in [3.63, 3.8) is 0 Å². The number of rotatable bonds is 3. The normalized spacial score (nSPS) is 10.8. The van der Waals surface area contributed by atoms with Gasteiger partial charge >= 0.3 is 0 Å². The smallest absolute Gasteiger partial charge is 0.162 e. The molecule has 0 radical (unpaired) electrons. The molecule has 106 valence electrons. The van der Waals surface area contributed by atoms with Gasteiger partial charge in [-0.05, 0) is 13.0 Å². The first-order chi connectivity index (χ1) is 10.1. The molecule has 0 spiro atoms. The van der Waals surface area contributed by atoms with Crippen molar-refractivity contribution in [1.82, 2.24) is 19.7 Å². The Morgan fingerprint density at radius 1 is 1.10 bits per heavy atom. The summed E-state index contributed by atoms with van der Waals surface area (Å²) in [5, 5.41) is 6.16. The highest BCUT2D eigenvalue weighted by atomic mass is 32.2. The van der Waals surface area contributed by atoms with Gasteiger partial charge < -0.3 is 5.73 Å². The van der Waals surface area contributed by atoms with Crippen molar-refractivity contribution in [3.05, 3.63) is 48.2 Å². The summed E-state index contributed by atoms with van der Waals surface area (Å²) in [6.45, 7) is 1.97. The fourth-order valence-corrected chi connectivity index (χ4v) is 2.93. The van der Waals surface area contributed by atoms with Gasteiger partial charge in [-0.3, -0.25) is 4.68 Å². The number of hydrogen-bond acceptors (Lipinski definition) is 5. The molecule has 5 nitrogen and oxygen atoms in total. The molecule has 0 saturated carbocycles.